The minimum Gasteiger partial charge on any atom is -0.280 e. The average Bonchev–Trinajstić information content (AvgIpc) is 2.98. The van der Waals surface area contributed by atoms with Crippen LogP contribution in [-0.2, 0) is 17.6 Å². The van der Waals surface area contributed by atoms with Crippen molar-refractivity contribution < 1.29 is 9.18 Å². The molecule has 0 atom stereocenters. The van der Waals surface area contributed by atoms with Crippen molar-refractivity contribution in [3.63, 3.8) is 0 Å². The van der Waals surface area contributed by atoms with Gasteiger partial charge in [0, 0.05) is 5.56 Å². The van der Waals surface area contributed by atoms with E-state index in [4.69, 9.17) is 0 Å². The number of nitriles is 1. The summed E-state index contributed by atoms with van der Waals surface area (Å²) >= 11 is 0. The maximum absolute atomic E-state index is 13.4. The molecule has 0 unspecified atom stereocenters. The van der Waals surface area contributed by atoms with E-state index in [1.807, 2.05) is 42.5 Å². The van der Waals surface area contributed by atoms with Crippen LogP contribution in [-0.4, -0.2) is 5.91 Å². The Morgan fingerprint density at radius 2 is 1.77 bits per heavy atom. The van der Waals surface area contributed by atoms with Crippen molar-refractivity contribution in [1.82, 2.24) is 0 Å². The second kappa shape index (κ2) is 6.45. The molecule has 0 aliphatic carbocycles. The Balaban J connectivity index is 1.96. The average molecular weight is 342 g/mol. The molecule has 3 aromatic rings. The monoisotopic (exact) mass is 342 g/mol. The summed E-state index contributed by atoms with van der Waals surface area (Å²) in [5.41, 5.74) is 4.90. The molecule has 26 heavy (non-hydrogen) atoms. The number of amides is 1. The Labute approximate surface area is 150 Å². The van der Waals surface area contributed by atoms with Crippen molar-refractivity contribution in [2.75, 3.05) is 4.90 Å². The third kappa shape index (κ3) is 2.64. The molecule has 1 amide bonds. The normalized spacial score (nSPS) is 12.8. The van der Waals surface area contributed by atoms with Crippen LogP contribution in [0.25, 0.3) is 11.1 Å². The lowest BCUT2D eigenvalue weighted by atomic mass is 9.97. The highest BCUT2D eigenvalue weighted by Crippen LogP contribution is 2.42. The summed E-state index contributed by atoms with van der Waals surface area (Å²) in [6.45, 7) is 0. The third-order valence-corrected chi connectivity index (χ3v) is 4.59. The summed E-state index contributed by atoms with van der Waals surface area (Å²) in [6.07, 6.45) is 0.524. The molecule has 0 saturated heterocycles. The Hall–Kier alpha value is -3.45. The van der Waals surface area contributed by atoms with E-state index < -0.39 is 0 Å². The van der Waals surface area contributed by atoms with Crippen LogP contribution in [0.4, 0.5) is 15.8 Å². The number of nitrogens with zero attached hydrogens (tertiary/aromatic N) is 2. The Kier molecular flexibility index (Phi) is 3.98. The van der Waals surface area contributed by atoms with E-state index in [0.717, 1.165) is 27.9 Å². The lowest BCUT2D eigenvalue weighted by Crippen LogP contribution is -2.23. The molecule has 1 aliphatic rings. The molecule has 1 aliphatic heterocycles. The van der Waals surface area contributed by atoms with Gasteiger partial charge in [-0.25, -0.2) is 4.39 Å². The van der Waals surface area contributed by atoms with Gasteiger partial charge in [-0.1, -0.05) is 48.5 Å². The lowest BCUT2D eigenvalue weighted by Gasteiger charge is -2.24. The Bertz CT molecular complexity index is 1030. The molecule has 0 radical (unpaired) electrons. The van der Waals surface area contributed by atoms with Crippen molar-refractivity contribution in [3.05, 3.63) is 83.7 Å². The van der Waals surface area contributed by atoms with Gasteiger partial charge in [-0.05, 0) is 34.9 Å². The Morgan fingerprint density at radius 3 is 2.54 bits per heavy atom. The first-order chi connectivity index (χ1) is 12.7. The zero-order chi connectivity index (χ0) is 18.1. The van der Waals surface area contributed by atoms with Crippen molar-refractivity contribution in [2.45, 2.75) is 12.8 Å². The number of para-hydroxylation sites is 2. The largest absolute Gasteiger partial charge is 0.280 e. The van der Waals surface area contributed by atoms with Gasteiger partial charge >= 0.3 is 0 Å². The molecule has 0 bridgehead atoms. The van der Waals surface area contributed by atoms with Gasteiger partial charge in [0.05, 0.1) is 30.3 Å². The summed E-state index contributed by atoms with van der Waals surface area (Å²) in [7, 11) is 0. The van der Waals surface area contributed by atoms with E-state index in [1.54, 1.807) is 17.0 Å². The molecule has 0 spiro atoms. The van der Waals surface area contributed by atoms with Crippen molar-refractivity contribution in [3.8, 4) is 17.2 Å². The molecule has 0 aromatic heterocycles. The minimum atomic E-state index is -0.314. The number of hydrogen-bond acceptors (Lipinski definition) is 2. The van der Waals surface area contributed by atoms with Gasteiger partial charge in [-0.15, -0.1) is 0 Å². The van der Waals surface area contributed by atoms with Gasteiger partial charge in [-0.2, -0.15) is 5.26 Å². The highest BCUT2D eigenvalue weighted by atomic mass is 19.1. The molecule has 0 fully saturated rings. The van der Waals surface area contributed by atoms with Crippen LogP contribution in [0, 0.1) is 17.1 Å². The quantitative estimate of drug-likeness (QED) is 0.687. The van der Waals surface area contributed by atoms with Gasteiger partial charge in [0.2, 0.25) is 5.91 Å². The van der Waals surface area contributed by atoms with E-state index in [9.17, 15) is 14.4 Å². The standard InChI is InChI=1S/C22H15FN2O/c23-18-10-8-15(9-11-18)19-6-3-5-16(12-13-24)22(19)25-20-7-2-1-4-17(20)14-21(25)26/h1-11H,12,14H2. The van der Waals surface area contributed by atoms with E-state index >= 15 is 0 Å². The highest BCUT2D eigenvalue weighted by molar-refractivity contribution is 6.10. The predicted molar refractivity (Wildman–Crippen MR) is 98.4 cm³/mol. The third-order valence-electron chi connectivity index (χ3n) is 4.59. The smallest absolute Gasteiger partial charge is 0.236 e. The molecule has 0 saturated carbocycles. The predicted octanol–water partition coefficient (Wildman–Crippen LogP) is 4.78. The van der Waals surface area contributed by atoms with Gasteiger partial charge in [-0.3, -0.25) is 9.69 Å². The van der Waals surface area contributed by atoms with Gasteiger partial charge in [0.25, 0.3) is 0 Å². The van der Waals surface area contributed by atoms with Crippen LogP contribution in [0.15, 0.2) is 66.7 Å². The number of carbonyl (C=O) groups excluding carboxylic acids is 1. The molecule has 4 heteroatoms. The number of hydrogen-bond donors (Lipinski definition) is 0. The van der Waals surface area contributed by atoms with Crippen molar-refractivity contribution in [1.29, 1.82) is 5.26 Å². The summed E-state index contributed by atoms with van der Waals surface area (Å²) < 4.78 is 13.4. The molecule has 4 rings (SSSR count). The number of rotatable bonds is 3. The van der Waals surface area contributed by atoms with Gasteiger partial charge < -0.3 is 0 Å². The molecule has 126 valence electrons. The van der Waals surface area contributed by atoms with Gasteiger partial charge in [0.15, 0.2) is 0 Å². The topological polar surface area (TPSA) is 44.1 Å². The SMILES string of the molecule is N#CCc1cccc(-c2ccc(F)cc2)c1N1C(=O)Cc2ccccc21. The fraction of sp³-hybridized carbons (Fsp3) is 0.0909. The van der Waals surface area contributed by atoms with Crippen LogP contribution >= 0.6 is 0 Å². The number of carbonyl (C=O) groups is 1. The number of benzene rings is 3. The molecular weight excluding hydrogens is 327 g/mol. The van der Waals surface area contributed by atoms with Crippen LogP contribution in [0.1, 0.15) is 11.1 Å². The van der Waals surface area contributed by atoms with E-state index in [1.165, 1.54) is 12.1 Å². The number of halogens is 1. The second-order valence-electron chi connectivity index (χ2n) is 6.19. The molecule has 0 N–H and O–H groups in total. The number of fused-ring (bicyclic) bond motifs is 1. The first kappa shape index (κ1) is 16.0. The summed E-state index contributed by atoms with van der Waals surface area (Å²) in [4.78, 5) is 14.5. The summed E-state index contributed by atoms with van der Waals surface area (Å²) in [6, 6.07) is 21.6. The maximum Gasteiger partial charge on any atom is 0.236 e. The minimum absolute atomic E-state index is 0.0278. The number of anilines is 2. The van der Waals surface area contributed by atoms with Crippen LogP contribution in [0.5, 0.6) is 0 Å². The molecule has 3 nitrogen and oxygen atoms in total. The molecular formula is C22H15FN2O. The first-order valence-electron chi connectivity index (χ1n) is 8.34. The van der Waals surface area contributed by atoms with Crippen molar-refractivity contribution in [2.24, 2.45) is 0 Å². The maximum atomic E-state index is 13.4. The fourth-order valence-electron chi connectivity index (χ4n) is 3.45. The first-order valence-corrected chi connectivity index (χ1v) is 8.34. The van der Waals surface area contributed by atoms with Crippen molar-refractivity contribution >= 4 is 17.3 Å². The van der Waals surface area contributed by atoms with Crippen LogP contribution < -0.4 is 4.90 Å². The molecule has 1 heterocycles. The van der Waals surface area contributed by atoms with E-state index in [0.29, 0.717) is 12.1 Å². The lowest BCUT2D eigenvalue weighted by molar-refractivity contribution is -0.116. The van der Waals surface area contributed by atoms with Crippen LogP contribution in [0.3, 0.4) is 0 Å². The highest BCUT2D eigenvalue weighted by Gasteiger charge is 2.31. The van der Waals surface area contributed by atoms with Gasteiger partial charge in [0.1, 0.15) is 5.82 Å². The fourth-order valence-corrected chi connectivity index (χ4v) is 3.45. The molecule has 3 aromatic carbocycles. The van der Waals surface area contributed by atoms with E-state index in [2.05, 4.69) is 6.07 Å². The second-order valence-corrected chi connectivity index (χ2v) is 6.19. The Morgan fingerprint density at radius 1 is 1.00 bits per heavy atom. The van der Waals surface area contributed by atoms with Crippen LogP contribution in [0.2, 0.25) is 0 Å². The zero-order valence-electron chi connectivity index (χ0n) is 13.9. The summed E-state index contributed by atoms with van der Waals surface area (Å²) in [5.74, 6) is -0.342. The zero-order valence-corrected chi connectivity index (χ0v) is 13.9. The van der Waals surface area contributed by atoms with E-state index in [-0.39, 0.29) is 18.1 Å². The summed E-state index contributed by atoms with van der Waals surface area (Å²) in [5, 5.41) is 9.24.